The molecule has 3 heteroatoms. The fraction of sp³-hybridized carbons (Fsp3) is 0.474. The predicted molar refractivity (Wildman–Crippen MR) is 88.0 cm³/mol. The van der Waals surface area contributed by atoms with E-state index >= 15 is 0 Å². The molecule has 0 aliphatic heterocycles. The standard InChI is InChI=1S/C19H24O3/c1-5-6-7-11-14-18(20)17(16-12-9-8-10-13-16)15(2)19(18,21-3)22-4/h8-10,12-13,20H,5-7H2,1-4H3. The molecule has 0 amide bonds. The molecule has 0 spiro atoms. The van der Waals surface area contributed by atoms with Crippen LogP contribution >= 0.6 is 0 Å². The van der Waals surface area contributed by atoms with Gasteiger partial charge in [-0.25, -0.2) is 0 Å². The van der Waals surface area contributed by atoms with Crippen LogP contribution in [0.3, 0.4) is 0 Å². The van der Waals surface area contributed by atoms with E-state index in [0.29, 0.717) is 0 Å². The lowest BCUT2D eigenvalue weighted by molar-refractivity contribution is -0.255. The van der Waals surface area contributed by atoms with Gasteiger partial charge >= 0.3 is 0 Å². The fourth-order valence-corrected chi connectivity index (χ4v) is 3.12. The molecule has 1 N–H and O–H groups in total. The molecule has 0 aromatic heterocycles. The van der Waals surface area contributed by atoms with Gasteiger partial charge in [0.15, 0.2) is 0 Å². The molecule has 0 radical (unpaired) electrons. The topological polar surface area (TPSA) is 38.7 Å². The first-order valence-corrected chi connectivity index (χ1v) is 7.67. The van der Waals surface area contributed by atoms with E-state index < -0.39 is 11.4 Å². The maximum Gasteiger partial charge on any atom is 0.237 e. The minimum atomic E-state index is -1.45. The molecule has 1 aromatic rings. The lowest BCUT2D eigenvalue weighted by atomic mass is 9.65. The van der Waals surface area contributed by atoms with Crippen molar-refractivity contribution in [2.24, 2.45) is 0 Å². The first-order chi connectivity index (χ1) is 10.6. The average Bonchev–Trinajstić information content (AvgIpc) is 2.54. The molecule has 0 saturated heterocycles. The average molecular weight is 300 g/mol. The van der Waals surface area contributed by atoms with Crippen molar-refractivity contribution in [1.29, 1.82) is 0 Å². The Morgan fingerprint density at radius 2 is 1.77 bits per heavy atom. The summed E-state index contributed by atoms with van der Waals surface area (Å²) >= 11 is 0. The van der Waals surface area contributed by atoms with Gasteiger partial charge in [-0.05, 0) is 24.5 Å². The van der Waals surface area contributed by atoms with Crippen LogP contribution < -0.4 is 0 Å². The largest absolute Gasteiger partial charge is 0.369 e. The van der Waals surface area contributed by atoms with Gasteiger partial charge in [-0.3, -0.25) is 0 Å². The Kier molecular flexibility index (Phi) is 5.08. The molecule has 1 aromatic carbocycles. The summed E-state index contributed by atoms with van der Waals surface area (Å²) in [4.78, 5) is 0. The molecule has 3 nitrogen and oxygen atoms in total. The number of hydrogen-bond donors (Lipinski definition) is 1. The summed E-state index contributed by atoms with van der Waals surface area (Å²) in [7, 11) is 3.07. The molecule has 118 valence electrons. The van der Waals surface area contributed by atoms with Crippen LogP contribution in [0.2, 0.25) is 0 Å². The van der Waals surface area contributed by atoms with Crippen LogP contribution in [-0.4, -0.2) is 30.7 Å². The van der Waals surface area contributed by atoms with Gasteiger partial charge in [-0.2, -0.15) is 0 Å². The van der Waals surface area contributed by atoms with Gasteiger partial charge in [0, 0.05) is 26.2 Å². The van der Waals surface area contributed by atoms with Crippen LogP contribution in [-0.2, 0) is 9.47 Å². The third kappa shape index (κ3) is 2.38. The van der Waals surface area contributed by atoms with Crippen molar-refractivity contribution in [2.75, 3.05) is 14.2 Å². The Morgan fingerprint density at radius 1 is 1.14 bits per heavy atom. The molecule has 1 aliphatic carbocycles. The van der Waals surface area contributed by atoms with Crippen molar-refractivity contribution in [3.05, 3.63) is 41.5 Å². The minimum Gasteiger partial charge on any atom is -0.369 e. The van der Waals surface area contributed by atoms with Crippen molar-refractivity contribution < 1.29 is 14.6 Å². The van der Waals surface area contributed by atoms with Crippen LogP contribution in [0.1, 0.15) is 38.7 Å². The highest BCUT2D eigenvalue weighted by Crippen LogP contribution is 2.54. The van der Waals surface area contributed by atoms with E-state index in [4.69, 9.17) is 9.47 Å². The Labute approximate surface area is 133 Å². The van der Waals surface area contributed by atoms with Gasteiger partial charge < -0.3 is 14.6 Å². The van der Waals surface area contributed by atoms with Crippen LogP contribution in [0.5, 0.6) is 0 Å². The molecular weight excluding hydrogens is 276 g/mol. The van der Waals surface area contributed by atoms with E-state index in [1.54, 1.807) is 0 Å². The molecule has 1 unspecified atom stereocenters. The summed E-state index contributed by atoms with van der Waals surface area (Å²) in [6, 6.07) is 9.77. The number of ether oxygens (including phenoxy) is 2. The zero-order chi connectivity index (χ0) is 16.2. The van der Waals surface area contributed by atoms with Gasteiger partial charge in [-0.15, -0.1) is 0 Å². The SMILES string of the molecule is CCCCC#CC1(O)C(c2ccccc2)=C(C)C1(OC)OC. The molecule has 0 bridgehead atoms. The molecular formula is C19H24O3. The lowest BCUT2D eigenvalue weighted by Crippen LogP contribution is -2.65. The fourth-order valence-electron chi connectivity index (χ4n) is 3.12. The number of rotatable bonds is 5. The second-order valence-electron chi connectivity index (χ2n) is 5.51. The van der Waals surface area contributed by atoms with Gasteiger partial charge in [0.25, 0.3) is 0 Å². The highest BCUT2D eigenvalue weighted by Gasteiger charge is 2.64. The minimum absolute atomic E-state index is 0.753. The van der Waals surface area contributed by atoms with Gasteiger partial charge in [0.2, 0.25) is 11.4 Å². The summed E-state index contributed by atoms with van der Waals surface area (Å²) in [5, 5.41) is 11.2. The zero-order valence-electron chi connectivity index (χ0n) is 13.8. The monoisotopic (exact) mass is 300 g/mol. The molecule has 0 saturated carbocycles. The smallest absolute Gasteiger partial charge is 0.237 e. The van der Waals surface area contributed by atoms with Crippen LogP contribution in [0, 0.1) is 11.8 Å². The highest BCUT2D eigenvalue weighted by atomic mass is 16.7. The Hall–Kier alpha value is -1.60. The van der Waals surface area contributed by atoms with Crippen molar-refractivity contribution in [1.82, 2.24) is 0 Å². The Balaban J connectivity index is 2.49. The Bertz CT molecular complexity index is 603. The second kappa shape index (κ2) is 6.66. The van der Waals surface area contributed by atoms with Crippen LogP contribution in [0.15, 0.2) is 35.9 Å². The third-order valence-corrected chi connectivity index (χ3v) is 4.27. The van der Waals surface area contributed by atoms with Crippen molar-refractivity contribution in [3.8, 4) is 11.8 Å². The molecule has 1 atom stereocenters. The van der Waals surface area contributed by atoms with Gasteiger partial charge in [-0.1, -0.05) is 55.5 Å². The van der Waals surface area contributed by atoms with Crippen molar-refractivity contribution in [3.63, 3.8) is 0 Å². The first kappa shape index (κ1) is 16.8. The molecule has 1 aliphatic rings. The number of aliphatic hydroxyl groups is 1. The van der Waals surface area contributed by atoms with Crippen LogP contribution in [0.4, 0.5) is 0 Å². The normalized spacial score (nSPS) is 22.8. The quantitative estimate of drug-likeness (QED) is 0.515. The van der Waals surface area contributed by atoms with E-state index in [9.17, 15) is 5.11 Å². The highest BCUT2D eigenvalue weighted by molar-refractivity contribution is 5.87. The van der Waals surface area contributed by atoms with Gasteiger partial charge in [0.1, 0.15) is 0 Å². The third-order valence-electron chi connectivity index (χ3n) is 4.27. The molecule has 22 heavy (non-hydrogen) atoms. The number of methoxy groups -OCH3 is 2. The van der Waals surface area contributed by atoms with E-state index in [2.05, 4.69) is 18.8 Å². The number of benzene rings is 1. The predicted octanol–water partition coefficient (Wildman–Crippen LogP) is 3.39. The van der Waals surface area contributed by atoms with E-state index in [0.717, 1.165) is 36.0 Å². The zero-order valence-corrected chi connectivity index (χ0v) is 13.8. The van der Waals surface area contributed by atoms with E-state index in [1.165, 1.54) is 14.2 Å². The van der Waals surface area contributed by atoms with E-state index in [-0.39, 0.29) is 0 Å². The first-order valence-electron chi connectivity index (χ1n) is 7.67. The van der Waals surface area contributed by atoms with Crippen molar-refractivity contribution in [2.45, 2.75) is 44.5 Å². The summed E-state index contributed by atoms with van der Waals surface area (Å²) in [6.07, 6.45) is 2.84. The summed E-state index contributed by atoms with van der Waals surface area (Å²) in [5.74, 6) is 4.88. The summed E-state index contributed by atoms with van der Waals surface area (Å²) in [5.41, 5.74) is 1.13. The van der Waals surface area contributed by atoms with Gasteiger partial charge in [0.05, 0.1) is 0 Å². The second-order valence-corrected chi connectivity index (χ2v) is 5.51. The summed E-state index contributed by atoms with van der Waals surface area (Å²) < 4.78 is 11.1. The number of unbranched alkanes of at least 4 members (excludes halogenated alkanes) is 2. The molecule has 0 heterocycles. The van der Waals surface area contributed by atoms with E-state index in [1.807, 2.05) is 37.3 Å². The van der Waals surface area contributed by atoms with Crippen LogP contribution in [0.25, 0.3) is 5.57 Å². The number of hydrogen-bond acceptors (Lipinski definition) is 3. The lowest BCUT2D eigenvalue weighted by Gasteiger charge is -2.52. The van der Waals surface area contributed by atoms with Crippen molar-refractivity contribution >= 4 is 5.57 Å². The maximum absolute atomic E-state index is 11.2. The maximum atomic E-state index is 11.2. The molecule has 2 rings (SSSR count). The summed E-state index contributed by atoms with van der Waals surface area (Å²) in [6.45, 7) is 4.03. The Morgan fingerprint density at radius 3 is 2.32 bits per heavy atom. The molecule has 0 fully saturated rings.